The van der Waals surface area contributed by atoms with Crippen molar-refractivity contribution in [3.05, 3.63) is 94.6 Å². The molecule has 0 radical (unpaired) electrons. The van der Waals surface area contributed by atoms with E-state index >= 15 is 0 Å². The summed E-state index contributed by atoms with van der Waals surface area (Å²) in [6, 6.07) is 15.5. The van der Waals surface area contributed by atoms with Crippen LogP contribution in [0.2, 0.25) is 0 Å². The molecule has 1 N–H and O–H groups in total. The average Bonchev–Trinajstić information content (AvgIpc) is 3.10. The van der Waals surface area contributed by atoms with Crippen LogP contribution in [0.25, 0.3) is 5.76 Å². The van der Waals surface area contributed by atoms with E-state index in [-0.39, 0.29) is 11.3 Å². The Hall–Kier alpha value is -4.27. The molecule has 186 valence electrons. The van der Waals surface area contributed by atoms with Gasteiger partial charge in [0.25, 0.3) is 11.7 Å². The van der Waals surface area contributed by atoms with Gasteiger partial charge in [-0.05, 0) is 54.8 Å². The number of alkyl halides is 3. The van der Waals surface area contributed by atoms with Crippen molar-refractivity contribution >= 4 is 23.1 Å². The lowest BCUT2D eigenvalue weighted by atomic mass is 9.93. The van der Waals surface area contributed by atoms with Crippen molar-refractivity contribution in [3.63, 3.8) is 0 Å². The van der Waals surface area contributed by atoms with Gasteiger partial charge in [-0.3, -0.25) is 14.5 Å². The number of methoxy groups -OCH3 is 1. The van der Waals surface area contributed by atoms with Gasteiger partial charge in [-0.2, -0.15) is 0 Å². The Balaban J connectivity index is 1.92. The molecule has 4 rings (SSSR count). The Morgan fingerprint density at radius 3 is 2.28 bits per heavy atom. The summed E-state index contributed by atoms with van der Waals surface area (Å²) in [6.45, 7) is 3.50. The minimum absolute atomic E-state index is 0.00869. The number of Topliss-reactive ketones (excluding diaryl/α,β-unsaturated/α-hetero) is 1. The Morgan fingerprint density at radius 1 is 0.944 bits per heavy atom. The minimum Gasteiger partial charge on any atom is -0.507 e. The largest absolute Gasteiger partial charge is 0.573 e. The molecule has 9 heteroatoms. The number of nitrogens with zero attached hydrogens (tertiary/aromatic N) is 1. The molecule has 1 aliphatic rings. The highest BCUT2D eigenvalue weighted by Gasteiger charge is 2.47. The van der Waals surface area contributed by atoms with Crippen molar-refractivity contribution in [2.24, 2.45) is 0 Å². The zero-order chi connectivity index (χ0) is 26.2. The molecule has 6 nitrogen and oxygen atoms in total. The van der Waals surface area contributed by atoms with Crippen molar-refractivity contribution in [2.45, 2.75) is 26.3 Å². The topological polar surface area (TPSA) is 76.1 Å². The summed E-state index contributed by atoms with van der Waals surface area (Å²) in [6.07, 6.45) is -4.94. The Morgan fingerprint density at radius 2 is 1.64 bits per heavy atom. The van der Waals surface area contributed by atoms with E-state index in [9.17, 15) is 27.9 Å². The number of hydrogen-bond acceptors (Lipinski definition) is 5. The molecule has 0 spiro atoms. The van der Waals surface area contributed by atoms with Gasteiger partial charge in [-0.1, -0.05) is 36.4 Å². The molecule has 0 aliphatic carbocycles. The summed E-state index contributed by atoms with van der Waals surface area (Å²) in [5.41, 5.74) is 1.96. The molecule has 1 fully saturated rings. The number of rotatable bonds is 5. The van der Waals surface area contributed by atoms with Crippen LogP contribution in [0.15, 0.2) is 72.3 Å². The molecule has 3 aromatic rings. The van der Waals surface area contributed by atoms with E-state index in [4.69, 9.17) is 4.74 Å². The van der Waals surface area contributed by atoms with E-state index in [0.717, 1.165) is 17.0 Å². The summed E-state index contributed by atoms with van der Waals surface area (Å²) in [7, 11) is 1.51. The Labute approximate surface area is 205 Å². The third-order valence-corrected chi connectivity index (χ3v) is 5.89. The number of carbonyl (C=O) groups is 2. The first kappa shape index (κ1) is 24.8. The minimum atomic E-state index is -4.94. The summed E-state index contributed by atoms with van der Waals surface area (Å²) >= 11 is 0. The van der Waals surface area contributed by atoms with Gasteiger partial charge in [0.05, 0.1) is 18.7 Å². The maximum atomic E-state index is 13.3. The second kappa shape index (κ2) is 9.41. The van der Waals surface area contributed by atoms with Gasteiger partial charge in [0.2, 0.25) is 0 Å². The fourth-order valence-electron chi connectivity index (χ4n) is 4.29. The molecular formula is C27H22F3NO5. The van der Waals surface area contributed by atoms with Crippen molar-refractivity contribution < 1.29 is 37.3 Å². The third kappa shape index (κ3) is 4.64. The number of carbonyl (C=O) groups excluding carboxylic acids is 2. The first-order valence-electron chi connectivity index (χ1n) is 10.9. The first-order chi connectivity index (χ1) is 17.0. The van der Waals surface area contributed by atoms with Crippen LogP contribution in [0.3, 0.4) is 0 Å². The lowest BCUT2D eigenvalue weighted by Crippen LogP contribution is -2.29. The molecule has 0 saturated carbocycles. The van der Waals surface area contributed by atoms with E-state index in [0.29, 0.717) is 28.0 Å². The second-order valence-electron chi connectivity index (χ2n) is 8.26. The normalized spacial score (nSPS) is 17.4. The maximum absolute atomic E-state index is 13.3. The lowest BCUT2D eigenvalue weighted by molar-refractivity contribution is -0.274. The average molecular weight is 497 g/mol. The number of amides is 1. The number of ketones is 1. The zero-order valence-electron chi connectivity index (χ0n) is 19.6. The lowest BCUT2D eigenvalue weighted by Gasteiger charge is -2.26. The van der Waals surface area contributed by atoms with Crippen molar-refractivity contribution in [2.75, 3.05) is 12.0 Å². The van der Waals surface area contributed by atoms with Crippen LogP contribution >= 0.6 is 0 Å². The van der Waals surface area contributed by atoms with E-state index in [2.05, 4.69) is 4.74 Å². The SMILES string of the molecule is COc1cc(C)c(/C(O)=C2\C(=O)C(=O)N(c3cccc(OC(F)(F)F)c3)C2c2ccccc2)cc1C. The quantitative estimate of drug-likeness (QED) is 0.272. The van der Waals surface area contributed by atoms with Gasteiger partial charge < -0.3 is 14.6 Å². The van der Waals surface area contributed by atoms with E-state index < -0.39 is 35.6 Å². The van der Waals surface area contributed by atoms with E-state index in [1.54, 1.807) is 56.3 Å². The molecule has 1 atom stereocenters. The smallest absolute Gasteiger partial charge is 0.507 e. The number of ether oxygens (including phenoxy) is 2. The standard InChI is InChI=1S/C27H22F3NO5/c1-15-13-21(35-3)16(2)12-20(15)24(32)22-23(17-8-5-4-6-9-17)31(26(34)25(22)33)18-10-7-11-19(14-18)36-27(28,29)30/h4-14,23,32H,1-3H3/b24-22+. The van der Waals surface area contributed by atoms with Crippen LogP contribution in [-0.2, 0) is 9.59 Å². The number of halogens is 3. The van der Waals surface area contributed by atoms with Gasteiger partial charge in [0.1, 0.15) is 17.3 Å². The molecule has 0 aromatic heterocycles. The van der Waals surface area contributed by atoms with Gasteiger partial charge in [0, 0.05) is 17.3 Å². The molecule has 36 heavy (non-hydrogen) atoms. The van der Waals surface area contributed by atoms with Crippen molar-refractivity contribution in [1.82, 2.24) is 0 Å². The van der Waals surface area contributed by atoms with Gasteiger partial charge in [-0.25, -0.2) is 0 Å². The van der Waals surface area contributed by atoms with Gasteiger partial charge in [-0.15, -0.1) is 13.2 Å². The Bertz CT molecular complexity index is 1370. The van der Waals surface area contributed by atoms with Crippen molar-refractivity contribution in [3.8, 4) is 11.5 Å². The van der Waals surface area contributed by atoms with Crippen LogP contribution in [0.4, 0.5) is 18.9 Å². The molecule has 1 saturated heterocycles. The highest BCUT2D eigenvalue weighted by atomic mass is 19.4. The number of aryl methyl sites for hydroxylation is 2. The number of benzene rings is 3. The molecule has 1 aliphatic heterocycles. The fourth-order valence-corrected chi connectivity index (χ4v) is 4.29. The monoisotopic (exact) mass is 497 g/mol. The van der Waals surface area contributed by atoms with E-state index in [1.165, 1.54) is 19.2 Å². The molecule has 1 unspecified atom stereocenters. The van der Waals surface area contributed by atoms with Crippen LogP contribution in [0.5, 0.6) is 11.5 Å². The van der Waals surface area contributed by atoms with Crippen LogP contribution in [-0.4, -0.2) is 30.3 Å². The maximum Gasteiger partial charge on any atom is 0.573 e. The third-order valence-electron chi connectivity index (χ3n) is 5.89. The van der Waals surface area contributed by atoms with Gasteiger partial charge >= 0.3 is 6.36 Å². The molecule has 0 bridgehead atoms. The summed E-state index contributed by atoms with van der Waals surface area (Å²) < 4.78 is 47.7. The summed E-state index contributed by atoms with van der Waals surface area (Å²) in [5, 5.41) is 11.3. The summed E-state index contributed by atoms with van der Waals surface area (Å²) in [5.74, 6) is -2.30. The molecule has 3 aromatic carbocycles. The predicted molar refractivity (Wildman–Crippen MR) is 127 cm³/mol. The second-order valence-corrected chi connectivity index (χ2v) is 8.26. The number of anilines is 1. The molecule has 1 amide bonds. The zero-order valence-corrected chi connectivity index (χ0v) is 19.6. The van der Waals surface area contributed by atoms with Crippen LogP contribution in [0.1, 0.15) is 28.3 Å². The number of aliphatic hydroxyl groups excluding tert-OH is 1. The number of aliphatic hydroxyl groups is 1. The molecular weight excluding hydrogens is 475 g/mol. The highest BCUT2D eigenvalue weighted by molar-refractivity contribution is 6.51. The predicted octanol–water partition coefficient (Wildman–Crippen LogP) is 5.84. The fraction of sp³-hybridized carbons (Fsp3) is 0.185. The highest BCUT2D eigenvalue weighted by Crippen LogP contribution is 2.43. The Kier molecular flexibility index (Phi) is 6.49. The van der Waals surface area contributed by atoms with Crippen molar-refractivity contribution in [1.29, 1.82) is 0 Å². The molecule has 1 heterocycles. The van der Waals surface area contributed by atoms with Gasteiger partial charge in [0.15, 0.2) is 0 Å². The van der Waals surface area contributed by atoms with Crippen LogP contribution < -0.4 is 14.4 Å². The van der Waals surface area contributed by atoms with Crippen LogP contribution in [0, 0.1) is 13.8 Å². The number of hydrogen-bond donors (Lipinski definition) is 1. The first-order valence-corrected chi connectivity index (χ1v) is 10.9. The summed E-state index contributed by atoms with van der Waals surface area (Å²) in [4.78, 5) is 27.6. The van der Waals surface area contributed by atoms with E-state index in [1.807, 2.05) is 0 Å².